The molecule has 0 amide bonds. The summed E-state index contributed by atoms with van der Waals surface area (Å²) < 4.78 is 11.7. The molecule has 0 saturated heterocycles. The predicted molar refractivity (Wildman–Crippen MR) is 102 cm³/mol. The van der Waals surface area contributed by atoms with Crippen LogP contribution < -0.4 is 0 Å². The number of rotatable bonds is 8. The highest BCUT2D eigenvalue weighted by molar-refractivity contribution is 6.48. The highest BCUT2D eigenvalue weighted by Crippen LogP contribution is 2.39. The Morgan fingerprint density at radius 3 is 2.25 bits per heavy atom. The molecule has 0 heterocycles. The van der Waals surface area contributed by atoms with Crippen LogP contribution in [-0.2, 0) is 14.0 Å². The second-order valence-corrected chi connectivity index (χ2v) is 10.2. The number of carbonyl (C=O) groups excluding carboxylic acids is 1. The van der Waals surface area contributed by atoms with Gasteiger partial charge in [0.2, 0.25) is 9.04 Å². The van der Waals surface area contributed by atoms with Gasteiger partial charge in [0.15, 0.2) is 5.60 Å². The van der Waals surface area contributed by atoms with E-state index in [1.807, 2.05) is 6.92 Å². The van der Waals surface area contributed by atoms with Crippen molar-refractivity contribution < 1.29 is 14.0 Å². The van der Waals surface area contributed by atoms with Gasteiger partial charge >= 0.3 is 5.97 Å². The minimum atomic E-state index is -1.03. The highest BCUT2D eigenvalue weighted by atomic mass is 28.3. The zero-order chi connectivity index (χ0) is 18.2. The normalized spacial score (nSPS) is 19.6. The van der Waals surface area contributed by atoms with Crippen LogP contribution in [0.5, 0.6) is 0 Å². The fraction of sp³-hybridized carbons (Fsp3) is 0.850. The predicted octanol–water partition coefficient (Wildman–Crippen LogP) is 5.52. The summed E-state index contributed by atoms with van der Waals surface area (Å²) in [6, 6.07) is 0. The van der Waals surface area contributed by atoms with Crippen LogP contribution in [0.15, 0.2) is 12.2 Å². The molecule has 1 saturated carbocycles. The first-order valence-electron chi connectivity index (χ1n) is 9.54. The average Bonchev–Trinajstić information content (AvgIpc) is 2.50. The van der Waals surface area contributed by atoms with Crippen LogP contribution in [0.2, 0.25) is 13.1 Å². The zero-order valence-corrected chi connectivity index (χ0v) is 17.6. The van der Waals surface area contributed by atoms with Crippen molar-refractivity contribution in [1.29, 1.82) is 0 Å². The Morgan fingerprint density at radius 1 is 1.12 bits per heavy atom. The lowest BCUT2D eigenvalue weighted by Gasteiger charge is -2.43. The molecule has 0 aromatic carbocycles. The quantitative estimate of drug-likeness (QED) is 0.327. The lowest BCUT2D eigenvalue weighted by atomic mass is 9.74. The van der Waals surface area contributed by atoms with E-state index >= 15 is 0 Å². The van der Waals surface area contributed by atoms with Crippen molar-refractivity contribution in [2.45, 2.75) is 91.3 Å². The van der Waals surface area contributed by atoms with Crippen LogP contribution in [-0.4, -0.2) is 27.2 Å². The Bertz CT molecular complexity index is 406. The summed E-state index contributed by atoms with van der Waals surface area (Å²) >= 11 is 0. The third-order valence-corrected chi connectivity index (χ3v) is 5.72. The first-order valence-corrected chi connectivity index (χ1v) is 11.9. The number of allylic oxidation sites excluding steroid dienone is 1. The number of hydrogen-bond donors (Lipinski definition) is 0. The topological polar surface area (TPSA) is 35.5 Å². The molecule has 1 radical (unpaired) electrons. The van der Waals surface area contributed by atoms with Gasteiger partial charge in [0.25, 0.3) is 0 Å². The number of carbonyl (C=O) groups is 1. The van der Waals surface area contributed by atoms with Crippen molar-refractivity contribution in [3.63, 3.8) is 0 Å². The van der Waals surface area contributed by atoms with Crippen molar-refractivity contribution >= 4 is 15.0 Å². The van der Waals surface area contributed by atoms with Crippen LogP contribution in [0.4, 0.5) is 0 Å². The Kier molecular flexibility index (Phi) is 8.72. The Labute approximate surface area is 150 Å². The fourth-order valence-electron chi connectivity index (χ4n) is 3.49. The van der Waals surface area contributed by atoms with Gasteiger partial charge in [0, 0.05) is 11.8 Å². The largest absolute Gasteiger partial charge is 0.464 e. The number of ether oxygens (including phenoxy) is 1. The lowest BCUT2D eigenvalue weighted by molar-refractivity contribution is -0.173. The van der Waals surface area contributed by atoms with Crippen molar-refractivity contribution in [2.24, 2.45) is 11.3 Å². The van der Waals surface area contributed by atoms with Gasteiger partial charge in [-0.1, -0.05) is 65.0 Å². The molecular weight excluding hydrogens is 316 g/mol. The van der Waals surface area contributed by atoms with E-state index in [2.05, 4.69) is 46.0 Å². The molecule has 0 aromatic rings. The first kappa shape index (κ1) is 21.4. The van der Waals surface area contributed by atoms with Crippen molar-refractivity contribution in [3.8, 4) is 0 Å². The summed E-state index contributed by atoms with van der Waals surface area (Å²) in [6.07, 6.45) is 13.0. The van der Waals surface area contributed by atoms with Gasteiger partial charge in [-0.3, -0.25) is 0 Å². The molecule has 1 atom stereocenters. The van der Waals surface area contributed by atoms with E-state index in [0.717, 1.165) is 12.3 Å². The molecule has 3 nitrogen and oxygen atoms in total. The van der Waals surface area contributed by atoms with E-state index in [1.54, 1.807) is 0 Å². The summed E-state index contributed by atoms with van der Waals surface area (Å²) in [4.78, 5) is 12.8. The zero-order valence-electron chi connectivity index (χ0n) is 16.6. The third-order valence-electron chi connectivity index (χ3n) is 4.96. The van der Waals surface area contributed by atoms with E-state index in [4.69, 9.17) is 9.16 Å². The molecule has 1 aliphatic rings. The monoisotopic (exact) mass is 353 g/mol. The van der Waals surface area contributed by atoms with Crippen LogP contribution in [0.3, 0.4) is 0 Å². The number of hydrogen-bond acceptors (Lipinski definition) is 3. The molecule has 1 fully saturated rings. The van der Waals surface area contributed by atoms with Gasteiger partial charge in [-0.15, -0.1) is 0 Å². The SMILES string of the molecule is CCOC(=O)C(CC=CCC1CCCCC1)(O[Si](C)C)C(C)(C)C. The van der Waals surface area contributed by atoms with Crippen LogP contribution >= 0.6 is 0 Å². The van der Waals surface area contributed by atoms with E-state index < -0.39 is 14.6 Å². The van der Waals surface area contributed by atoms with Crippen LogP contribution in [0.25, 0.3) is 0 Å². The second kappa shape index (κ2) is 9.76. The van der Waals surface area contributed by atoms with Gasteiger partial charge in [-0.2, -0.15) is 0 Å². The molecule has 4 heteroatoms. The molecular formula is C20H37O3Si. The molecule has 1 unspecified atom stereocenters. The van der Waals surface area contributed by atoms with E-state index in [1.165, 1.54) is 32.1 Å². The van der Waals surface area contributed by atoms with Gasteiger partial charge in [0.1, 0.15) is 0 Å². The van der Waals surface area contributed by atoms with Gasteiger partial charge < -0.3 is 9.16 Å². The molecule has 139 valence electrons. The minimum Gasteiger partial charge on any atom is -0.464 e. The maximum Gasteiger partial charge on any atom is 0.338 e. The second-order valence-electron chi connectivity index (χ2n) is 8.22. The number of esters is 1. The van der Waals surface area contributed by atoms with Crippen LogP contribution in [0, 0.1) is 11.3 Å². The maximum absolute atomic E-state index is 12.8. The molecule has 0 bridgehead atoms. The molecule has 0 aliphatic heterocycles. The first-order chi connectivity index (χ1) is 11.2. The van der Waals surface area contributed by atoms with E-state index in [9.17, 15) is 4.79 Å². The maximum atomic E-state index is 12.8. The third kappa shape index (κ3) is 6.03. The van der Waals surface area contributed by atoms with Gasteiger partial charge in [0.05, 0.1) is 6.61 Å². The lowest BCUT2D eigenvalue weighted by Crippen LogP contribution is -2.54. The van der Waals surface area contributed by atoms with Gasteiger partial charge in [-0.25, -0.2) is 4.79 Å². The smallest absolute Gasteiger partial charge is 0.338 e. The van der Waals surface area contributed by atoms with Crippen molar-refractivity contribution in [1.82, 2.24) is 0 Å². The molecule has 0 spiro atoms. The molecule has 0 N–H and O–H groups in total. The summed E-state index contributed by atoms with van der Waals surface area (Å²) in [5.41, 5.74) is -1.19. The van der Waals surface area contributed by atoms with E-state index in [-0.39, 0.29) is 11.4 Å². The molecule has 0 aromatic heterocycles. The standard InChI is InChI=1S/C20H37O3Si/c1-7-22-18(21)20(19(2,3)4,23-24(5)6)16-12-11-15-17-13-9-8-10-14-17/h11-12,17H,7-10,13-16H2,1-6H3. The van der Waals surface area contributed by atoms with Crippen molar-refractivity contribution in [3.05, 3.63) is 12.2 Å². The molecule has 1 aliphatic carbocycles. The van der Waals surface area contributed by atoms with Gasteiger partial charge in [-0.05, 0) is 32.4 Å². The molecule has 1 rings (SSSR count). The van der Waals surface area contributed by atoms with E-state index in [0.29, 0.717) is 13.0 Å². The Balaban J connectivity index is 2.84. The minimum absolute atomic E-state index is 0.217. The average molecular weight is 354 g/mol. The van der Waals surface area contributed by atoms with Crippen molar-refractivity contribution in [2.75, 3.05) is 6.61 Å². The summed E-state index contributed by atoms with van der Waals surface area (Å²) in [6.45, 7) is 12.6. The highest BCUT2D eigenvalue weighted by Gasteiger charge is 2.50. The summed E-state index contributed by atoms with van der Waals surface area (Å²) in [7, 11) is -1.03. The Hall–Kier alpha value is -0.613. The summed E-state index contributed by atoms with van der Waals surface area (Å²) in [5.74, 6) is 0.602. The summed E-state index contributed by atoms with van der Waals surface area (Å²) in [5, 5.41) is 0. The fourth-order valence-corrected chi connectivity index (χ4v) is 4.66. The van der Waals surface area contributed by atoms with Crippen LogP contribution in [0.1, 0.15) is 72.6 Å². The Morgan fingerprint density at radius 2 is 1.75 bits per heavy atom. The molecule has 24 heavy (non-hydrogen) atoms.